The van der Waals surface area contributed by atoms with E-state index < -0.39 is 9.84 Å². The Hall–Kier alpha value is -2.36. The van der Waals surface area contributed by atoms with E-state index in [1.807, 2.05) is 53.8 Å². The summed E-state index contributed by atoms with van der Waals surface area (Å²) in [5.41, 5.74) is 2.14. The molecular weight excluding hydrogens is 424 g/mol. The van der Waals surface area contributed by atoms with Crippen molar-refractivity contribution in [1.82, 2.24) is 9.55 Å². The molecule has 6 nitrogen and oxygen atoms in total. The molecule has 1 aliphatic heterocycles. The topological polar surface area (TPSA) is 79.1 Å². The van der Waals surface area contributed by atoms with E-state index in [9.17, 15) is 8.42 Å². The highest BCUT2D eigenvalue weighted by molar-refractivity contribution is 8.08. The zero-order chi connectivity index (χ0) is 20.8. The van der Waals surface area contributed by atoms with E-state index in [0.29, 0.717) is 16.9 Å². The highest BCUT2D eigenvalue weighted by Crippen LogP contribution is 2.46. The number of nitrogens with one attached hydrogen (secondary N) is 1. The van der Waals surface area contributed by atoms with Crippen molar-refractivity contribution in [3.63, 3.8) is 0 Å². The van der Waals surface area contributed by atoms with Crippen LogP contribution in [-0.4, -0.2) is 31.3 Å². The van der Waals surface area contributed by atoms with Crippen LogP contribution >= 0.6 is 23.1 Å². The van der Waals surface area contributed by atoms with E-state index in [1.54, 1.807) is 41.4 Å². The van der Waals surface area contributed by atoms with Crippen molar-refractivity contribution in [2.45, 2.75) is 23.3 Å². The van der Waals surface area contributed by atoms with E-state index in [-0.39, 0.29) is 0 Å². The molecule has 3 aromatic rings. The van der Waals surface area contributed by atoms with Crippen LogP contribution < -0.4 is 19.6 Å². The van der Waals surface area contributed by atoms with E-state index in [1.165, 1.54) is 6.26 Å². The normalized spacial score (nSPS) is 16.4. The maximum absolute atomic E-state index is 11.9. The third-order valence-corrected chi connectivity index (χ3v) is 8.27. The molecule has 29 heavy (non-hydrogen) atoms. The minimum absolute atomic E-state index is 0.301. The van der Waals surface area contributed by atoms with Crippen molar-refractivity contribution < 1.29 is 8.42 Å². The van der Waals surface area contributed by atoms with Gasteiger partial charge in [-0.15, -0.1) is 11.3 Å². The molecule has 0 aliphatic carbocycles. The van der Waals surface area contributed by atoms with Gasteiger partial charge in [-0.05, 0) is 43.3 Å². The summed E-state index contributed by atoms with van der Waals surface area (Å²) in [6, 6.07) is 10.9. The predicted octanol–water partition coefficient (Wildman–Crippen LogP) is 1.98. The fourth-order valence-electron chi connectivity index (χ4n) is 3.15. The van der Waals surface area contributed by atoms with Gasteiger partial charge in [0.05, 0.1) is 20.9 Å². The van der Waals surface area contributed by atoms with Gasteiger partial charge in [0.2, 0.25) is 0 Å². The molecule has 4 rings (SSSR count). The van der Waals surface area contributed by atoms with Gasteiger partial charge in [-0.25, -0.2) is 8.42 Å². The first kappa shape index (κ1) is 19.9. The average molecular weight is 445 g/mol. The van der Waals surface area contributed by atoms with E-state index in [2.05, 4.69) is 4.98 Å². The molecule has 150 valence electrons. The fourth-order valence-corrected chi connectivity index (χ4v) is 6.26. The monoisotopic (exact) mass is 444 g/mol. The largest absolute Gasteiger partial charge is 0.337 e. The van der Waals surface area contributed by atoms with Crippen molar-refractivity contribution in [3.8, 4) is 0 Å². The molecule has 1 aromatic carbocycles. The van der Waals surface area contributed by atoms with Crippen molar-refractivity contribution in [2.24, 2.45) is 0 Å². The number of thioether (sulfide) groups is 1. The van der Waals surface area contributed by atoms with Crippen LogP contribution in [0.1, 0.15) is 12.6 Å². The molecule has 2 aromatic heterocycles. The number of benzene rings is 1. The van der Waals surface area contributed by atoms with Crippen molar-refractivity contribution in [1.29, 1.82) is 5.41 Å². The summed E-state index contributed by atoms with van der Waals surface area (Å²) in [7, 11) is -1.36. The first-order valence-corrected chi connectivity index (χ1v) is 12.5. The Morgan fingerprint density at radius 3 is 2.69 bits per heavy atom. The van der Waals surface area contributed by atoms with Gasteiger partial charge in [0.25, 0.3) is 0 Å². The molecule has 1 N–H and O–H groups in total. The van der Waals surface area contributed by atoms with Gasteiger partial charge < -0.3 is 9.47 Å². The van der Waals surface area contributed by atoms with E-state index >= 15 is 0 Å². The first-order valence-electron chi connectivity index (χ1n) is 8.96. The van der Waals surface area contributed by atoms with Gasteiger partial charge >= 0.3 is 0 Å². The van der Waals surface area contributed by atoms with Crippen molar-refractivity contribution in [3.05, 3.63) is 63.0 Å². The Kier molecular flexibility index (Phi) is 5.14. The third kappa shape index (κ3) is 3.65. The zero-order valence-electron chi connectivity index (χ0n) is 16.2. The Balaban J connectivity index is 1.90. The number of thiazole rings is 1. The van der Waals surface area contributed by atoms with E-state index in [0.717, 1.165) is 30.5 Å². The molecule has 0 bridgehead atoms. The number of aromatic nitrogens is 2. The summed E-state index contributed by atoms with van der Waals surface area (Å²) in [6.07, 6.45) is 4.96. The summed E-state index contributed by atoms with van der Waals surface area (Å²) < 4.78 is 27.6. The molecule has 0 spiro atoms. The number of pyridine rings is 1. The Labute approximate surface area is 177 Å². The smallest absolute Gasteiger partial charge is 0.175 e. The maximum Gasteiger partial charge on any atom is 0.175 e. The summed E-state index contributed by atoms with van der Waals surface area (Å²) in [4.78, 5) is 7.63. The highest BCUT2D eigenvalue weighted by atomic mass is 32.2. The molecule has 0 fully saturated rings. The van der Waals surface area contributed by atoms with Crippen LogP contribution in [0, 0.1) is 5.41 Å². The van der Waals surface area contributed by atoms with Crippen molar-refractivity contribution in [2.75, 3.05) is 18.2 Å². The predicted molar refractivity (Wildman–Crippen MR) is 118 cm³/mol. The average Bonchev–Trinajstić information content (AvgIpc) is 3.18. The molecule has 9 heteroatoms. The van der Waals surface area contributed by atoms with Crippen LogP contribution in [-0.2, 0) is 16.4 Å². The van der Waals surface area contributed by atoms with Gasteiger partial charge in [0.1, 0.15) is 15.0 Å². The van der Waals surface area contributed by atoms with Crippen LogP contribution in [0.4, 0.5) is 5.69 Å². The van der Waals surface area contributed by atoms with E-state index in [4.69, 9.17) is 5.41 Å². The second kappa shape index (κ2) is 7.47. The third-order valence-electron chi connectivity index (χ3n) is 4.66. The van der Waals surface area contributed by atoms with Crippen LogP contribution in [0.25, 0.3) is 11.1 Å². The quantitative estimate of drug-likeness (QED) is 0.668. The Morgan fingerprint density at radius 2 is 2.03 bits per heavy atom. The molecule has 3 heterocycles. The number of fused-ring (bicyclic) bond motifs is 1. The van der Waals surface area contributed by atoms with Gasteiger partial charge in [-0.1, -0.05) is 17.8 Å². The lowest BCUT2D eigenvalue weighted by Crippen LogP contribution is -2.33. The maximum atomic E-state index is 11.9. The summed E-state index contributed by atoms with van der Waals surface area (Å²) in [5.74, 6) is 0. The minimum Gasteiger partial charge on any atom is -0.337 e. The molecule has 0 saturated carbocycles. The fraction of sp³-hybridized carbons (Fsp3) is 0.200. The lowest BCUT2D eigenvalue weighted by atomic mass is 10.3. The molecule has 0 radical (unpaired) electrons. The number of anilines is 1. The van der Waals surface area contributed by atoms with Gasteiger partial charge in [0, 0.05) is 30.9 Å². The van der Waals surface area contributed by atoms with Gasteiger partial charge in [-0.3, -0.25) is 10.4 Å². The zero-order valence-corrected chi connectivity index (χ0v) is 18.7. The molecule has 0 unspecified atom stereocenters. The van der Waals surface area contributed by atoms with Crippen LogP contribution in [0.2, 0.25) is 0 Å². The van der Waals surface area contributed by atoms with Gasteiger partial charge in [0.15, 0.2) is 9.84 Å². The molecule has 0 saturated heterocycles. The van der Waals surface area contributed by atoms with Crippen LogP contribution in [0.3, 0.4) is 0 Å². The van der Waals surface area contributed by atoms with Gasteiger partial charge in [-0.2, -0.15) is 0 Å². The SMILES string of the molecule is CCn1c(=Cc2ccccn2)sc(=C2Sc3ccc(S(C)(=O)=O)cc3N2C)c1=N. The minimum atomic E-state index is -3.27. The highest BCUT2D eigenvalue weighted by Gasteiger charge is 2.25. The molecular formula is C20H20N4O2S3. The lowest BCUT2D eigenvalue weighted by Gasteiger charge is -2.13. The standard InChI is InChI=1S/C20H20N4O2S3/c1-4-24-17(11-13-7-5-6-10-22-13)28-18(19(24)21)20-23(2)15-12-14(29(3,25)26)8-9-16(15)27-20/h5-12,21H,4H2,1-3H3. The van der Waals surface area contributed by atoms with Crippen molar-refractivity contribution >= 4 is 49.7 Å². The number of rotatable bonds is 3. The molecule has 0 amide bonds. The summed E-state index contributed by atoms with van der Waals surface area (Å²) >= 11 is 3.11. The number of hydrogen-bond acceptors (Lipinski definition) is 7. The molecule has 0 atom stereocenters. The van der Waals surface area contributed by atoms with Crippen LogP contribution in [0.5, 0.6) is 0 Å². The van der Waals surface area contributed by atoms with Crippen LogP contribution in [0.15, 0.2) is 52.4 Å². The number of sulfone groups is 1. The second-order valence-electron chi connectivity index (χ2n) is 6.63. The Morgan fingerprint density at radius 1 is 1.24 bits per heavy atom. The number of nitrogens with zero attached hydrogens (tertiary/aromatic N) is 3. The number of hydrogen-bond donors (Lipinski definition) is 1. The lowest BCUT2D eigenvalue weighted by molar-refractivity contribution is 0.602. The summed E-state index contributed by atoms with van der Waals surface area (Å²) in [6.45, 7) is 2.70. The molecule has 1 aliphatic rings. The Bertz CT molecular complexity index is 1370. The second-order valence-corrected chi connectivity index (χ2v) is 10.7. The summed E-state index contributed by atoms with van der Waals surface area (Å²) in [5, 5.41) is 9.65. The first-order chi connectivity index (χ1) is 13.8.